The average Bonchev–Trinajstić information content (AvgIpc) is 2.93. The molecule has 2 heterocycles. The minimum absolute atomic E-state index is 0.184. The minimum atomic E-state index is -0.248. The fraction of sp³-hybridized carbons (Fsp3) is 0.214. The number of carbonyl (C=O) groups is 1. The summed E-state index contributed by atoms with van der Waals surface area (Å²) in [5.74, 6) is 0.360. The molecule has 1 amide bonds. The van der Waals surface area contributed by atoms with Crippen LogP contribution in [-0.4, -0.2) is 22.2 Å². The highest BCUT2D eigenvalue weighted by atomic mass is 16.3. The molecule has 0 radical (unpaired) electrons. The molecule has 104 valence electrons. The van der Waals surface area contributed by atoms with Crippen LogP contribution in [0.4, 0.5) is 0 Å². The molecule has 2 aromatic rings. The summed E-state index contributed by atoms with van der Waals surface area (Å²) in [6.45, 7) is 2.47. The lowest BCUT2D eigenvalue weighted by Crippen LogP contribution is -2.31. The maximum atomic E-state index is 11.5. The van der Waals surface area contributed by atoms with Gasteiger partial charge in [0.05, 0.1) is 18.5 Å². The molecule has 0 saturated heterocycles. The average molecular weight is 273 g/mol. The largest absolute Gasteiger partial charge is 0.465 e. The first kappa shape index (κ1) is 13.8. The van der Waals surface area contributed by atoms with Crippen molar-refractivity contribution in [2.24, 2.45) is 0 Å². The number of carbonyl (C=O) groups excluding carboxylic acids is 1. The molecule has 0 spiro atoms. The van der Waals surface area contributed by atoms with Crippen molar-refractivity contribution in [3.05, 3.63) is 58.4 Å². The molecule has 20 heavy (non-hydrogen) atoms. The van der Waals surface area contributed by atoms with E-state index in [0.29, 0.717) is 18.8 Å². The Kier molecular flexibility index (Phi) is 4.49. The second kappa shape index (κ2) is 6.51. The molecule has 0 aliphatic rings. The van der Waals surface area contributed by atoms with Crippen LogP contribution >= 0.6 is 0 Å². The highest BCUT2D eigenvalue weighted by Crippen LogP contribution is 2.01. The van der Waals surface area contributed by atoms with Gasteiger partial charge in [-0.25, -0.2) is 4.68 Å². The third-order valence-corrected chi connectivity index (χ3v) is 2.56. The van der Waals surface area contributed by atoms with Crippen LogP contribution in [0.3, 0.4) is 0 Å². The Hall–Kier alpha value is -2.63. The van der Waals surface area contributed by atoms with E-state index in [0.717, 1.165) is 5.69 Å². The summed E-state index contributed by atoms with van der Waals surface area (Å²) in [4.78, 5) is 23.0. The van der Waals surface area contributed by atoms with Crippen molar-refractivity contribution >= 4 is 12.0 Å². The van der Waals surface area contributed by atoms with Gasteiger partial charge in [-0.1, -0.05) is 0 Å². The van der Waals surface area contributed by atoms with Gasteiger partial charge in [0.2, 0.25) is 5.91 Å². The Balaban J connectivity index is 1.82. The molecule has 6 nitrogen and oxygen atoms in total. The van der Waals surface area contributed by atoms with Gasteiger partial charge in [-0.05, 0) is 31.2 Å². The van der Waals surface area contributed by atoms with Crippen LogP contribution in [0.1, 0.15) is 11.5 Å². The summed E-state index contributed by atoms with van der Waals surface area (Å²) in [5, 5.41) is 6.75. The van der Waals surface area contributed by atoms with Crippen LogP contribution in [0.2, 0.25) is 0 Å². The quantitative estimate of drug-likeness (QED) is 0.824. The SMILES string of the molecule is Cc1ccc(=O)n(CCNC(=O)/C=C/c2ccco2)n1. The summed E-state index contributed by atoms with van der Waals surface area (Å²) in [7, 11) is 0. The standard InChI is InChI=1S/C14H15N3O3/c1-11-4-7-14(19)17(16-11)9-8-15-13(18)6-5-12-3-2-10-20-12/h2-7,10H,8-9H2,1H3,(H,15,18)/b6-5+. The van der Waals surface area contributed by atoms with Crippen molar-refractivity contribution in [2.45, 2.75) is 13.5 Å². The van der Waals surface area contributed by atoms with Gasteiger partial charge in [0.15, 0.2) is 0 Å². The monoisotopic (exact) mass is 273 g/mol. The molecule has 0 aromatic carbocycles. The Morgan fingerprint density at radius 1 is 1.45 bits per heavy atom. The third-order valence-electron chi connectivity index (χ3n) is 2.56. The van der Waals surface area contributed by atoms with E-state index in [9.17, 15) is 9.59 Å². The second-order valence-corrected chi connectivity index (χ2v) is 4.18. The van der Waals surface area contributed by atoms with E-state index >= 15 is 0 Å². The second-order valence-electron chi connectivity index (χ2n) is 4.18. The molecular weight excluding hydrogens is 258 g/mol. The van der Waals surface area contributed by atoms with Gasteiger partial charge >= 0.3 is 0 Å². The number of rotatable bonds is 5. The first-order valence-electron chi connectivity index (χ1n) is 6.19. The zero-order valence-electron chi connectivity index (χ0n) is 11.1. The normalized spacial score (nSPS) is 10.8. The van der Waals surface area contributed by atoms with E-state index < -0.39 is 0 Å². The van der Waals surface area contributed by atoms with Crippen LogP contribution in [0, 0.1) is 6.92 Å². The van der Waals surface area contributed by atoms with Crippen molar-refractivity contribution in [1.29, 1.82) is 0 Å². The Morgan fingerprint density at radius 2 is 2.30 bits per heavy atom. The lowest BCUT2D eigenvalue weighted by atomic mass is 10.4. The predicted molar refractivity (Wildman–Crippen MR) is 74.0 cm³/mol. The summed E-state index contributed by atoms with van der Waals surface area (Å²) in [5.41, 5.74) is 0.574. The molecule has 0 bridgehead atoms. The first-order valence-corrected chi connectivity index (χ1v) is 6.19. The lowest BCUT2D eigenvalue weighted by Gasteiger charge is -2.05. The maximum absolute atomic E-state index is 11.5. The number of hydrogen-bond acceptors (Lipinski definition) is 4. The van der Waals surface area contributed by atoms with E-state index in [1.165, 1.54) is 23.1 Å². The Labute approximate surface area is 115 Å². The number of nitrogens with one attached hydrogen (secondary N) is 1. The highest BCUT2D eigenvalue weighted by molar-refractivity contribution is 5.91. The predicted octanol–water partition coefficient (Wildman–Crippen LogP) is 0.974. The molecule has 0 atom stereocenters. The van der Waals surface area contributed by atoms with Crippen molar-refractivity contribution in [2.75, 3.05) is 6.54 Å². The molecule has 2 aromatic heterocycles. The van der Waals surface area contributed by atoms with Gasteiger partial charge in [0.25, 0.3) is 5.56 Å². The zero-order valence-corrected chi connectivity index (χ0v) is 11.1. The number of amides is 1. The van der Waals surface area contributed by atoms with Crippen LogP contribution in [0.25, 0.3) is 6.08 Å². The molecule has 1 N–H and O–H groups in total. The molecule has 0 aliphatic heterocycles. The fourth-order valence-corrected chi connectivity index (χ4v) is 1.60. The molecule has 2 rings (SSSR count). The Bertz CT molecular complexity index is 657. The summed E-state index contributed by atoms with van der Waals surface area (Å²) in [6, 6.07) is 6.61. The van der Waals surface area contributed by atoms with Crippen molar-refractivity contribution in [3.8, 4) is 0 Å². The smallest absolute Gasteiger partial charge is 0.266 e. The molecular formula is C14H15N3O3. The van der Waals surface area contributed by atoms with Crippen LogP contribution in [0.15, 0.2) is 45.8 Å². The van der Waals surface area contributed by atoms with Crippen LogP contribution in [0.5, 0.6) is 0 Å². The Morgan fingerprint density at radius 3 is 3.05 bits per heavy atom. The van der Waals surface area contributed by atoms with Crippen LogP contribution < -0.4 is 10.9 Å². The fourth-order valence-electron chi connectivity index (χ4n) is 1.60. The van der Waals surface area contributed by atoms with E-state index in [1.54, 1.807) is 31.2 Å². The lowest BCUT2D eigenvalue weighted by molar-refractivity contribution is -0.116. The van der Waals surface area contributed by atoms with Gasteiger partial charge in [0.1, 0.15) is 5.76 Å². The third kappa shape index (κ3) is 3.94. The highest BCUT2D eigenvalue weighted by Gasteiger charge is 1.99. The minimum Gasteiger partial charge on any atom is -0.465 e. The molecule has 0 unspecified atom stereocenters. The van der Waals surface area contributed by atoms with Gasteiger partial charge in [0, 0.05) is 18.7 Å². The molecule has 0 fully saturated rings. The topological polar surface area (TPSA) is 77.1 Å². The maximum Gasteiger partial charge on any atom is 0.266 e. The number of hydrogen-bond donors (Lipinski definition) is 1. The van der Waals surface area contributed by atoms with Crippen molar-refractivity contribution in [1.82, 2.24) is 15.1 Å². The van der Waals surface area contributed by atoms with Crippen molar-refractivity contribution < 1.29 is 9.21 Å². The number of aromatic nitrogens is 2. The first-order chi connectivity index (χ1) is 9.65. The molecule has 6 heteroatoms. The van der Waals surface area contributed by atoms with E-state index in [1.807, 2.05) is 0 Å². The summed E-state index contributed by atoms with van der Waals surface area (Å²) >= 11 is 0. The van der Waals surface area contributed by atoms with E-state index in [4.69, 9.17) is 4.42 Å². The number of aryl methyl sites for hydroxylation is 1. The van der Waals surface area contributed by atoms with Crippen molar-refractivity contribution in [3.63, 3.8) is 0 Å². The summed E-state index contributed by atoms with van der Waals surface area (Å²) in [6.07, 6.45) is 4.49. The van der Waals surface area contributed by atoms with Crippen LogP contribution in [-0.2, 0) is 11.3 Å². The van der Waals surface area contributed by atoms with Gasteiger partial charge in [-0.3, -0.25) is 9.59 Å². The van der Waals surface area contributed by atoms with E-state index in [-0.39, 0.29) is 11.5 Å². The molecule has 0 aliphatic carbocycles. The summed E-state index contributed by atoms with van der Waals surface area (Å²) < 4.78 is 6.39. The van der Waals surface area contributed by atoms with Gasteiger partial charge in [-0.2, -0.15) is 5.10 Å². The zero-order chi connectivity index (χ0) is 14.4. The number of furan rings is 1. The van der Waals surface area contributed by atoms with Gasteiger partial charge in [-0.15, -0.1) is 0 Å². The van der Waals surface area contributed by atoms with E-state index in [2.05, 4.69) is 10.4 Å². The number of nitrogens with zero attached hydrogens (tertiary/aromatic N) is 2. The molecule has 0 saturated carbocycles. The van der Waals surface area contributed by atoms with Gasteiger partial charge < -0.3 is 9.73 Å².